The van der Waals surface area contributed by atoms with Crippen molar-refractivity contribution in [2.45, 2.75) is 37.9 Å². The van der Waals surface area contributed by atoms with Crippen LogP contribution in [-0.2, 0) is 30.3 Å². The van der Waals surface area contributed by atoms with Crippen LogP contribution in [-0.4, -0.2) is 49.6 Å². The number of amides is 1. The summed E-state index contributed by atoms with van der Waals surface area (Å²) in [5, 5.41) is 2.75. The van der Waals surface area contributed by atoms with Crippen molar-refractivity contribution in [2.24, 2.45) is 0 Å². The van der Waals surface area contributed by atoms with Gasteiger partial charge in [-0.15, -0.1) is 0 Å². The molecule has 1 N–H and O–H groups in total. The zero-order valence-corrected chi connectivity index (χ0v) is 14.0. The first kappa shape index (κ1) is 17.4. The van der Waals surface area contributed by atoms with E-state index in [0.29, 0.717) is 5.57 Å². The summed E-state index contributed by atoms with van der Waals surface area (Å²) in [7, 11) is 0. The summed E-state index contributed by atoms with van der Waals surface area (Å²) in [6.07, 6.45) is -1.81. The molecule has 25 heavy (non-hydrogen) atoms. The van der Waals surface area contributed by atoms with Gasteiger partial charge in [-0.25, -0.2) is 9.59 Å². The minimum atomic E-state index is -0.538. The zero-order valence-electron chi connectivity index (χ0n) is 14.0. The third kappa shape index (κ3) is 4.18. The molecule has 1 aromatic carbocycles. The van der Waals surface area contributed by atoms with Crippen LogP contribution in [0.3, 0.4) is 0 Å². The van der Waals surface area contributed by atoms with E-state index in [2.05, 4.69) is 11.9 Å². The summed E-state index contributed by atoms with van der Waals surface area (Å²) in [6.45, 7) is 5.83. The molecule has 2 saturated heterocycles. The third-order valence-electron chi connectivity index (χ3n) is 4.13. The number of ether oxygens (including phenoxy) is 4. The van der Waals surface area contributed by atoms with Crippen molar-refractivity contribution in [1.29, 1.82) is 0 Å². The molecule has 0 spiro atoms. The van der Waals surface area contributed by atoms with Gasteiger partial charge in [-0.2, -0.15) is 0 Å². The molecule has 0 unspecified atom stereocenters. The maximum Gasteiger partial charge on any atom is 0.407 e. The van der Waals surface area contributed by atoms with E-state index in [1.807, 2.05) is 30.3 Å². The van der Waals surface area contributed by atoms with Crippen molar-refractivity contribution in [2.75, 3.05) is 13.2 Å². The number of hydrogen-bond acceptors (Lipinski definition) is 6. The molecule has 134 valence electrons. The normalized spacial score (nSPS) is 27.4. The number of rotatable bonds is 5. The summed E-state index contributed by atoms with van der Waals surface area (Å²) in [5.74, 6) is -0.475. The molecule has 2 heterocycles. The van der Waals surface area contributed by atoms with E-state index in [0.717, 1.165) is 5.56 Å². The molecule has 2 aliphatic heterocycles. The van der Waals surface area contributed by atoms with Crippen molar-refractivity contribution in [3.05, 3.63) is 48.0 Å². The van der Waals surface area contributed by atoms with Gasteiger partial charge in [0.2, 0.25) is 0 Å². The number of nitrogens with one attached hydrogen (secondary N) is 1. The number of fused-ring (bicyclic) bond motifs is 1. The number of esters is 1. The van der Waals surface area contributed by atoms with E-state index in [-0.39, 0.29) is 32.0 Å². The molecule has 2 fully saturated rings. The van der Waals surface area contributed by atoms with E-state index in [1.165, 1.54) is 0 Å². The highest BCUT2D eigenvalue weighted by molar-refractivity contribution is 5.87. The van der Waals surface area contributed by atoms with E-state index in [4.69, 9.17) is 18.9 Å². The van der Waals surface area contributed by atoms with E-state index in [9.17, 15) is 9.59 Å². The number of hydrogen-bond donors (Lipinski definition) is 1. The average molecular weight is 347 g/mol. The standard InChI is InChI=1S/C18H21NO6/c1-11(2)17(20)25-14-10-23-15-13(9-22-16(14)15)19-18(21)24-8-12-6-4-3-5-7-12/h3-7,13-16H,1,8-10H2,2H3,(H,19,21)/t13-,14+,15+,16+/m0/s1. The predicted octanol–water partition coefficient (Wildman–Crippen LogP) is 1.57. The monoisotopic (exact) mass is 347 g/mol. The van der Waals surface area contributed by atoms with Gasteiger partial charge < -0.3 is 24.3 Å². The Hall–Kier alpha value is -2.38. The molecular formula is C18H21NO6. The summed E-state index contributed by atoms with van der Waals surface area (Å²) < 4.78 is 21.8. The van der Waals surface area contributed by atoms with Gasteiger partial charge in [0.05, 0.1) is 19.3 Å². The second-order valence-corrected chi connectivity index (χ2v) is 6.13. The van der Waals surface area contributed by atoms with Crippen molar-refractivity contribution in [1.82, 2.24) is 5.32 Å². The first-order valence-electron chi connectivity index (χ1n) is 8.11. The molecule has 0 bridgehead atoms. The number of benzene rings is 1. The van der Waals surface area contributed by atoms with Crippen LogP contribution in [0.15, 0.2) is 42.5 Å². The van der Waals surface area contributed by atoms with Gasteiger partial charge in [-0.1, -0.05) is 36.9 Å². The summed E-state index contributed by atoms with van der Waals surface area (Å²) in [5.41, 5.74) is 1.22. The van der Waals surface area contributed by atoms with Gasteiger partial charge in [0.1, 0.15) is 18.8 Å². The van der Waals surface area contributed by atoms with Crippen LogP contribution in [0.2, 0.25) is 0 Å². The Kier molecular flexibility index (Phi) is 5.35. The zero-order chi connectivity index (χ0) is 17.8. The van der Waals surface area contributed by atoms with Crippen LogP contribution in [0.5, 0.6) is 0 Å². The molecule has 3 rings (SSSR count). The molecule has 2 aliphatic rings. The van der Waals surface area contributed by atoms with Crippen molar-refractivity contribution >= 4 is 12.1 Å². The molecule has 1 amide bonds. The number of carbonyl (C=O) groups is 2. The Labute approximate surface area is 145 Å². The van der Waals surface area contributed by atoms with Crippen LogP contribution in [0.1, 0.15) is 12.5 Å². The summed E-state index contributed by atoms with van der Waals surface area (Å²) in [4.78, 5) is 23.6. The highest BCUT2D eigenvalue weighted by atomic mass is 16.6. The first-order valence-corrected chi connectivity index (χ1v) is 8.11. The summed E-state index contributed by atoms with van der Waals surface area (Å²) >= 11 is 0. The van der Waals surface area contributed by atoms with Crippen LogP contribution in [0.4, 0.5) is 4.79 Å². The molecule has 7 nitrogen and oxygen atoms in total. The minimum absolute atomic E-state index is 0.189. The Balaban J connectivity index is 1.48. The third-order valence-corrected chi connectivity index (χ3v) is 4.13. The lowest BCUT2D eigenvalue weighted by Gasteiger charge is -2.17. The fourth-order valence-electron chi connectivity index (χ4n) is 2.84. The Morgan fingerprint density at radius 1 is 1.20 bits per heavy atom. The molecule has 0 aromatic heterocycles. The van der Waals surface area contributed by atoms with Gasteiger partial charge in [-0.05, 0) is 12.5 Å². The first-order chi connectivity index (χ1) is 12.0. The van der Waals surface area contributed by atoms with E-state index >= 15 is 0 Å². The number of carbonyl (C=O) groups excluding carboxylic acids is 2. The highest BCUT2D eigenvalue weighted by Gasteiger charge is 2.50. The second-order valence-electron chi connectivity index (χ2n) is 6.13. The molecule has 1 aromatic rings. The Bertz CT molecular complexity index is 646. The lowest BCUT2D eigenvalue weighted by molar-refractivity contribution is -0.148. The van der Waals surface area contributed by atoms with E-state index < -0.39 is 24.3 Å². The Morgan fingerprint density at radius 3 is 2.64 bits per heavy atom. The molecule has 0 aliphatic carbocycles. The molecular weight excluding hydrogens is 326 g/mol. The maximum absolute atomic E-state index is 12.0. The molecule has 0 saturated carbocycles. The smallest absolute Gasteiger partial charge is 0.407 e. The predicted molar refractivity (Wildman–Crippen MR) is 87.7 cm³/mol. The fraction of sp³-hybridized carbons (Fsp3) is 0.444. The average Bonchev–Trinajstić information content (AvgIpc) is 3.18. The van der Waals surface area contributed by atoms with Gasteiger partial charge in [0.25, 0.3) is 0 Å². The molecule has 7 heteroatoms. The Morgan fingerprint density at radius 2 is 1.92 bits per heavy atom. The largest absolute Gasteiger partial charge is 0.454 e. The van der Waals surface area contributed by atoms with E-state index in [1.54, 1.807) is 6.92 Å². The van der Waals surface area contributed by atoms with Crippen LogP contribution < -0.4 is 5.32 Å². The maximum atomic E-state index is 12.0. The van der Waals surface area contributed by atoms with Gasteiger partial charge in [0.15, 0.2) is 6.10 Å². The van der Waals surface area contributed by atoms with Crippen molar-refractivity contribution < 1.29 is 28.5 Å². The lowest BCUT2D eigenvalue weighted by Crippen LogP contribution is -2.44. The van der Waals surface area contributed by atoms with Gasteiger partial charge in [-0.3, -0.25) is 0 Å². The van der Waals surface area contributed by atoms with Crippen LogP contribution >= 0.6 is 0 Å². The van der Waals surface area contributed by atoms with Crippen LogP contribution in [0, 0.1) is 0 Å². The van der Waals surface area contributed by atoms with Crippen molar-refractivity contribution in [3.63, 3.8) is 0 Å². The summed E-state index contributed by atoms with van der Waals surface area (Å²) in [6, 6.07) is 9.07. The SMILES string of the molecule is C=C(C)C(=O)O[C@@H]1CO[C@H]2[C@@H]1OC[C@@H]2NC(=O)OCc1ccccc1. The topological polar surface area (TPSA) is 83.1 Å². The minimum Gasteiger partial charge on any atom is -0.454 e. The van der Waals surface area contributed by atoms with Crippen LogP contribution in [0.25, 0.3) is 0 Å². The highest BCUT2D eigenvalue weighted by Crippen LogP contribution is 2.29. The fourth-order valence-corrected chi connectivity index (χ4v) is 2.84. The van der Waals surface area contributed by atoms with Gasteiger partial charge >= 0.3 is 12.1 Å². The lowest BCUT2D eigenvalue weighted by atomic mass is 10.1. The molecule has 0 radical (unpaired) electrons. The molecule has 4 atom stereocenters. The quantitative estimate of drug-likeness (QED) is 0.643. The number of alkyl carbamates (subject to hydrolysis) is 1. The van der Waals surface area contributed by atoms with Crippen molar-refractivity contribution in [3.8, 4) is 0 Å². The second kappa shape index (κ2) is 7.67. The van der Waals surface area contributed by atoms with Gasteiger partial charge in [0, 0.05) is 5.57 Å².